The largest absolute Gasteiger partial charge is 0.379 e. The molecule has 0 unspecified atom stereocenters. The molecular weight excluding hydrogens is 324 g/mol. The van der Waals surface area contributed by atoms with Crippen molar-refractivity contribution in [2.45, 2.75) is 0 Å². The number of aromatic nitrogens is 1. The Kier molecular flexibility index (Phi) is 4.95. The van der Waals surface area contributed by atoms with Crippen LogP contribution >= 0.6 is 0 Å². The Morgan fingerprint density at radius 2 is 2.04 bits per heavy atom. The first kappa shape index (κ1) is 17.2. The fraction of sp³-hybridized carbons (Fsp3) is 0.0952. The van der Waals surface area contributed by atoms with Gasteiger partial charge in [-0.2, -0.15) is 5.26 Å². The van der Waals surface area contributed by atoms with Gasteiger partial charge in [-0.1, -0.05) is 30.8 Å². The normalized spacial score (nSPS) is 10.2. The molecule has 1 aromatic heterocycles. The Morgan fingerprint density at radius 1 is 1.23 bits per heavy atom. The average molecular weight is 342 g/mol. The Morgan fingerprint density at radius 3 is 2.73 bits per heavy atom. The number of pyridine rings is 1. The van der Waals surface area contributed by atoms with Crippen LogP contribution in [0, 0.1) is 11.3 Å². The smallest absolute Gasteiger partial charge is 0.253 e. The van der Waals surface area contributed by atoms with Crippen LogP contribution in [-0.2, 0) is 0 Å². The lowest BCUT2D eigenvalue weighted by Gasteiger charge is -2.15. The summed E-state index contributed by atoms with van der Waals surface area (Å²) in [7, 11) is 1.59. The monoisotopic (exact) mass is 342 g/mol. The molecule has 0 atom stereocenters. The highest BCUT2D eigenvalue weighted by Crippen LogP contribution is 2.31. The minimum atomic E-state index is -0.194. The van der Waals surface area contributed by atoms with Crippen LogP contribution in [0.3, 0.4) is 0 Å². The molecule has 0 aliphatic carbocycles. The molecule has 1 heterocycles. The van der Waals surface area contributed by atoms with Crippen LogP contribution in [0.4, 0.5) is 5.69 Å². The number of nitrogens with one attached hydrogen (secondary N) is 2. The van der Waals surface area contributed by atoms with Gasteiger partial charge in [-0.25, -0.2) is 0 Å². The molecular formula is C21H18N4O. The minimum Gasteiger partial charge on any atom is -0.379 e. The fourth-order valence-corrected chi connectivity index (χ4v) is 2.76. The second-order valence-electron chi connectivity index (χ2n) is 5.79. The van der Waals surface area contributed by atoms with E-state index in [2.05, 4.69) is 22.2 Å². The number of carbonyl (C=O) groups is 1. The topological polar surface area (TPSA) is 77.8 Å². The van der Waals surface area contributed by atoms with E-state index in [1.165, 1.54) is 0 Å². The van der Waals surface area contributed by atoms with E-state index >= 15 is 0 Å². The zero-order valence-corrected chi connectivity index (χ0v) is 14.4. The quantitative estimate of drug-likeness (QED) is 0.692. The molecule has 0 fully saturated rings. The first-order valence-corrected chi connectivity index (χ1v) is 8.16. The highest BCUT2D eigenvalue weighted by Gasteiger charge is 2.14. The van der Waals surface area contributed by atoms with Crippen LogP contribution in [0.1, 0.15) is 10.4 Å². The molecule has 5 nitrogen and oxygen atoms in total. The zero-order chi connectivity index (χ0) is 18.5. The highest BCUT2D eigenvalue weighted by atomic mass is 16.1. The predicted octanol–water partition coefficient (Wildman–Crippen LogP) is 3.75. The molecule has 0 aliphatic rings. The summed E-state index contributed by atoms with van der Waals surface area (Å²) in [6, 6.07) is 17.4. The summed E-state index contributed by atoms with van der Waals surface area (Å²) in [5.74, 6) is -0.194. The van der Waals surface area contributed by atoms with Gasteiger partial charge in [-0.15, -0.1) is 0 Å². The molecule has 0 radical (unpaired) electrons. The van der Waals surface area contributed by atoms with E-state index < -0.39 is 0 Å². The van der Waals surface area contributed by atoms with Crippen molar-refractivity contribution in [2.24, 2.45) is 0 Å². The maximum Gasteiger partial charge on any atom is 0.253 e. The molecule has 1 amide bonds. The van der Waals surface area contributed by atoms with E-state index in [-0.39, 0.29) is 12.5 Å². The fourth-order valence-electron chi connectivity index (χ4n) is 2.76. The summed E-state index contributed by atoms with van der Waals surface area (Å²) < 4.78 is 0. The molecule has 0 aliphatic heterocycles. The Bertz CT molecular complexity index is 1020. The van der Waals surface area contributed by atoms with Crippen molar-refractivity contribution in [3.8, 4) is 17.3 Å². The van der Waals surface area contributed by atoms with Gasteiger partial charge in [0.2, 0.25) is 0 Å². The van der Waals surface area contributed by atoms with Crippen molar-refractivity contribution in [2.75, 3.05) is 18.9 Å². The van der Waals surface area contributed by atoms with Gasteiger partial charge < -0.3 is 10.6 Å². The average Bonchev–Trinajstić information content (AvgIpc) is 2.71. The van der Waals surface area contributed by atoms with E-state index in [9.17, 15) is 4.79 Å². The van der Waals surface area contributed by atoms with Crippen molar-refractivity contribution in [3.05, 3.63) is 72.4 Å². The summed E-state index contributed by atoms with van der Waals surface area (Å²) in [5.41, 5.74) is 3.40. The lowest BCUT2D eigenvalue weighted by molar-refractivity contribution is 0.0964. The van der Waals surface area contributed by atoms with Crippen molar-refractivity contribution < 1.29 is 4.79 Å². The first-order chi connectivity index (χ1) is 12.6. The molecule has 2 N–H and O–H groups in total. The lowest BCUT2D eigenvalue weighted by atomic mass is 9.99. The maximum absolute atomic E-state index is 12.3. The van der Waals surface area contributed by atoms with Gasteiger partial charge in [0.25, 0.3) is 5.91 Å². The van der Waals surface area contributed by atoms with Crippen LogP contribution < -0.4 is 10.6 Å². The van der Waals surface area contributed by atoms with Gasteiger partial charge in [0.05, 0.1) is 23.0 Å². The molecule has 128 valence electrons. The van der Waals surface area contributed by atoms with Crippen LogP contribution in [0.25, 0.3) is 22.0 Å². The summed E-state index contributed by atoms with van der Waals surface area (Å²) in [6.07, 6.45) is 1.75. The van der Waals surface area contributed by atoms with Crippen molar-refractivity contribution in [1.29, 1.82) is 5.26 Å². The number of hydrogen-bond acceptors (Lipinski definition) is 4. The van der Waals surface area contributed by atoms with E-state index in [0.29, 0.717) is 16.8 Å². The number of hydrogen-bond donors (Lipinski definition) is 2. The number of nitriles is 1. The van der Waals surface area contributed by atoms with E-state index in [1.54, 1.807) is 19.3 Å². The van der Waals surface area contributed by atoms with Crippen LogP contribution in [0.5, 0.6) is 0 Å². The SMILES string of the molecule is C=C(C#N)CNc1c(C(=O)NC)ccc2ccc(-c3ccccn3)cc12. The molecule has 3 aromatic rings. The third-order valence-corrected chi connectivity index (χ3v) is 4.09. The van der Waals surface area contributed by atoms with Gasteiger partial charge in [0.15, 0.2) is 0 Å². The second-order valence-corrected chi connectivity index (χ2v) is 5.79. The molecule has 0 saturated carbocycles. The van der Waals surface area contributed by atoms with Gasteiger partial charge in [-0.3, -0.25) is 9.78 Å². The van der Waals surface area contributed by atoms with Crippen molar-refractivity contribution in [3.63, 3.8) is 0 Å². The Hall–Kier alpha value is -3.65. The Labute approximate surface area is 152 Å². The second kappa shape index (κ2) is 7.49. The molecule has 3 rings (SSSR count). The molecule has 0 bridgehead atoms. The predicted molar refractivity (Wildman–Crippen MR) is 104 cm³/mol. The molecule has 2 aromatic carbocycles. The third kappa shape index (κ3) is 3.40. The summed E-state index contributed by atoms with van der Waals surface area (Å²) in [6.45, 7) is 3.97. The van der Waals surface area contributed by atoms with E-state index in [1.807, 2.05) is 48.5 Å². The first-order valence-electron chi connectivity index (χ1n) is 8.16. The maximum atomic E-state index is 12.3. The molecule has 5 heteroatoms. The number of fused-ring (bicyclic) bond motifs is 1. The number of rotatable bonds is 5. The van der Waals surface area contributed by atoms with Crippen molar-refractivity contribution in [1.82, 2.24) is 10.3 Å². The van der Waals surface area contributed by atoms with Crippen LogP contribution in [0.15, 0.2) is 66.9 Å². The van der Waals surface area contributed by atoms with E-state index in [0.717, 1.165) is 22.0 Å². The minimum absolute atomic E-state index is 0.194. The number of benzene rings is 2. The van der Waals surface area contributed by atoms with Crippen molar-refractivity contribution >= 4 is 22.4 Å². The summed E-state index contributed by atoms with van der Waals surface area (Å²) in [5, 5.41) is 16.7. The lowest BCUT2D eigenvalue weighted by Crippen LogP contribution is -2.20. The molecule has 26 heavy (non-hydrogen) atoms. The summed E-state index contributed by atoms with van der Waals surface area (Å²) in [4.78, 5) is 16.7. The summed E-state index contributed by atoms with van der Waals surface area (Å²) >= 11 is 0. The third-order valence-electron chi connectivity index (χ3n) is 4.09. The Balaban J connectivity index is 2.17. The molecule has 0 saturated heterocycles. The van der Waals surface area contributed by atoms with Gasteiger partial charge in [-0.05, 0) is 29.7 Å². The molecule has 0 spiro atoms. The van der Waals surface area contributed by atoms with Gasteiger partial charge in [0.1, 0.15) is 0 Å². The number of anilines is 1. The zero-order valence-electron chi connectivity index (χ0n) is 14.4. The highest BCUT2D eigenvalue weighted by molar-refractivity contribution is 6.09. The van der Waals surface area contributed by atoms with Gasteiger partial charge in [0, 0.05) is 36.3 Å². The van der Waals surface area contributed by atoms with Gasteiger partial charge >= 0.3 is 0 Å². The number of nitrogens with zero attached hydrogens (tertiary/aromatic N) is 2. The standard InChI is InChI=1S/C21H18N4O/c1-14(12-22)13-25-20-17(21(26)23-2)9-8-15-6-7-16(11-18(15)20)19-5-3-4-10-24-19/h3-11,25H,1,13H2,2H3,(H,23,26). The van der Waals surface area contributed by atoms with E-state index in [4.69, 9.17) is 5.26 Å². The van der Waals surface area contributed by atoms with Crippen LogP contribution in [-0.4, -0.2) is 24.5 Å². The number of amides is 1. The van der Waals surface area contributed by atoms with Crippen LogP contribution in [0.2, 0.25) is 0 Å². The number of carbonyl (C=O) groups excluding carboxylic acids is 1.